The van der Waals surface area contributed by atoms with E-state index in [-0.39, 0.29) is 16.4 Å². The Labute approximate surface area is 230 Å². The molecule has 0 unspecified atom stereocenters. The minimum absolute atomic E-state index is 0.147. The molecule has 3 aromatic rings. The van der Waals surface area contributed by atoms with Gasteiger partial charge >= 0.3 is 0 Å². The van der Waals surface area contributed by atoms with Crippen LogP contribution >= 0.6 is 0 Å². The Morgan fingerprint density at radius 1 is 0.949 bits per heavy atom. The van der Waals surface area contributed by atoms with Crippen LogP contribution in [-0.2, 0) is 16.4 Å². The van der Waals surface area contributed by atoms with Crippen molar-refractivity contribution in [1.82, 2.24) is 19.5 Å². The lowest BCUT2D eigenvalue weighted by molar-refractivity contribution is 0.0952. The SMILES string of the molecule is O=C(NCCCN1CCC(Cc2ccccc2)CC1)c1cc(=O)[nH]c2ccc(S(=O)(=O)N3CCCCC3)cc12. The minimum atomic E-state index is -3.66. The van der Waals surface area contributed by atoms with E-state index in [1.165, 1.54) is 40.9 Å². The summed E-state index contributed by atoms with van der Waals surface area (Å²) in [4.78, 5) is 30.7. The zero-order chi connectivity index (χ0) is 27.2. The standard InChI is InChI=1S/C30H38N4O4S/c35-29-22-27(26-21-25(10-11-28(26)32-29)39(37,38)34-16-5-2-6-17-34)30(36)31-14-7-15-33-18-12-24(13-19-33)20-23-8-3-1-4-9-23/h1,3-4,8-11,21-22,24H,2,5-7,12-20H2,(H,31,36)(H,32,35). The monoisotopic (exact) mass is 550 g/mol. The van der Waals surface area contributed by atoms with E-state index in [1.54, 1.807) is 6.07 Å². The third-order valence-corrected chi connectivity index (χ3v) is 9.92. The van der Waals surface area contributed by atoms with Crippen LogP contribution in [0.3, 0.4) is 0 Å². The van der Waals surface area contributed by atoms with Gasteiger partial charge in [0.15, 0.2) is 0 Å². The molecule has 208 valence electrons. The maximum absolute atomic E-state index is 13.2. The van der Waals surface area contributed by atoms with E-state index < -0.39 is 15.6 Å². The molecule has 0 radical (unpaired) electrons. The van der Waals surface area contributed by atoms with E-state index in [9.17, 15) is 18.0 Å². The van der Waals surface area contributed by atoms with Gasteiger partial charge < -0.3 is 15.2 Å². The van der Waals surface area contributed by atoms with Crippen LogP contribution in [0.4, 0.5) is 0 Å². The lowest BCUT2D eigenvalue weighted by Crippen LogP contribution is -2.36. The van der Waals surface area contributed by atoms with Crippen LogP contribution in [0.1, 0.15) is 54.4 Å². The second-order valence-electron chi connectivity index (χ2n) is 10.8. The van der Waals surface area contributed by atoms with Crippen LogP contribution in [0.25, 0.3) is 10.9 Å². The Balaban J connectivity index is 1.17. The van der Waals surface area contributed by atoms with Crippen molar-refractivity contribution in [1.29, 1.82) is 0 Å². The lowest BCUT2D eigenvalue weighted by atomic mass is 9.90. The molecule has 2 aliphatic rings. The molecule has 2 fully saturated rings. The van der Waals surface area contributed by atoms with E-state index in [0.29, 0.717) is 30.5 Å². The zero-order valence-electron chi connectivity index (χ0n) is 22.4. The first kappa shape index (κ1) is 27.6. The van der Waals surface area contributed by atoms with Crippen molar-refractivity contribution < 1.29 is 13.2 Å². The molecule has 2 aliphatic heterocycles. The summed E-state index contributed by atoms with van der Waals surface area (Å²) in [5.41, 5.74) is 1.66. The topological polar surface area (TPSA) is 103 Å². The van der Waals surface area contributed by atoms with Gasteiger partial charge in [0, 0.05) is 36.6 Å². The van der Waals surface area contributed by atoms with Gasteiger partial charge in [0.05, 0.1) is 10.5 Å². The second-order valence-corrected chi connectivity index (χ2v) is 12.7. The third-order valence-electron chi connectivity index (χ3n) is 8.02. The molecule has 2 aromatic carbocycles. The molecule has 0 spiro atoms. The number of amides is 1. The highest BCUT2D eigenvalue weighted by atomic mass is 32.2. The largest absolute Gasteiger partial charge is 0.352 e. The zero-order valence-corrected chi connectivity index (χ0v) is 23.2. The fourth-order valence-corrected chi connectivity index (χ4v) is 7.34. The number of nitrogens with one attached hydrogen (secondary N) is 2. The van der Waals surface area contributed by atoms with E-state index in [1.807, 2.05) is 0 Å². The van der Waals surface area contributed by atoms with Crippen molar-refractivity contribution in [3.8, 4) is 0 Å². The number of nitrogens with zero attached hydrogens (tertiary/aromatic N) is 2. The number of H-pyrrole nitrogens is 1. The van der Waals surface area contributed by atoms with E-state index in [4.69, 9.17) is 0 Å². The highest BCUT2D eigenvalue weighted by Crippen LogP contribution is 2.25. The van der Waals surface area contributed by atoms with Crippen molar-refractivity contribution in [2.75, 3.05) is 39.3 Å². The first-order chi connectivity index (χ1) is 18.9. The van der Waals surface area contributed by atoms with Gasteiger partial charge in [-0.05, 0) is 87.8 Å². The highest BCUT2D eigenvalue weighted by Gasteiger charge is 2.27. The van der Waals surface area contributed by atoms with Crippen LogP contribution in [0.5, 0.6) is 0 Å². The maximum Gasteiger partial charge on any atom is 0.252 e. The molecule has 5 rings (SSSR count). The maximum atomic E-state index is 13.2. The number of aromatic amines is 1. The minimum Gasteiger partial charge on any atom is -0.352 e. The van der Waals surface area contributed by atoms with Gasteiger partial charge in [0.25, 0.3) is 5.91 Å². The molecule has 2 saturated heterocycles. The van der Waals surface area contributed by atoms with Crippen molar-refractivity contribution in [2.45, 2.75) is 49.8 Å². The summed E-state index contributed by atoms with van der Waals surface area (Å²) >= 11 is 0. The quantitative estimate of drug-likeness (QED) is 0.395. The van der Waals surface area contributed by atoms with Crippen LogP contribution in [0.15, 0.2) is 64.3 Å². The molecule has 0 atom stereocenters. The number of sulfonamides is 1. The van der Waals surface area contributed by atoms with Gasteiger partial charge in [-0.1, -0.05) is 36.8 Å². The van der Waals surface area contributed by atoms with Gasteiger partial charge in [0.1, 0.15) is 0 Å². The van der Waals surface area contributed by atoms with Crippen LogP contribution in [0, 0.1) is 5.92 Å². The van der Waals surface area contributed by atoms with Gasteiger partial charge in [-0.25, -0.2) is 8.42 Å². The number of fused-ring (bicyclic) bond motifs is 1. The molecule has 1 aromatic heterocycles. The molecule has 2 N–H and O–H groups in total. The summed E-state index contributed by atoms with van der Waals surface area (Å²) in [6, 6.07) is 16.5. The molecular weight excluding hydrogens is 512 g/mol. The Kier molecular flexibility index (Phi) is 8.79. The molecule has 0 bridgehead atoms. The van der Waals surface area contributed by atoms with Crippen molar-refractivity contribution in [2.24, 2.45) is 5.92 Å². The molecule has 0 saturated carbocycles. The fraction of sp³-hybridized carbons (Fsp3) is 0.467. The van der Waals surface area contributed by atoms with Gasteiger partial charge in [-0.15, -0.1) is 0 Å². The molecule has 39 heavy (non-hydrogen) atoms. The number of piperidine rings is 2. The lowest BCUT2D eigenvalue weighted by Gasteiger charge is -2.32. The molecule has 8 nitrogen and oxygen atoms in total. The Hall–Kier alpha value is -3.01. The summed E-state index contributed by atoms with van der Waals surface area (Å²) in [5, 5.41) is 3.38. The number of pyridine rings is 1. The number of benzene rings is 2. The number of carbonyl (C=O) groups is 1. The summed E-state index contributed by atoms with van der Waals surface area (Å²) in [7, 11) is -3.66. The number of likely N-dealkylation sites (tertiary alicyclic amines) is 1. The summed E-state index contributed by atoms with van der Waals surface area (Å²) in [5.74, 6) is 0.358. The smallest absolute Gasteiger partial charge is 0.252 e. The van der Waals surface area contributed by atoms with Crippen molar-refractivity contribution in [3.05, 3.63) is 76.1 Å². The predicted molar refractivity (Wildman–Crippen MR) is 153 cm³/mol. The average Bonchev–Trinajstić information content (AvgIpc) is 2.96. The van der Waals surface area contributed by atoms with Gasteiger partial charge in [0.2, 0.25) is 15.6 Å². The number of hydrogen-bond acceptors (Lipinski definition) is 5. The van der Waals surface area contributed by atoms with E-state index in [0.717, 1.165) is 57.7 Å². The Morgan fingerprint density at radius 3 is 2.44 bits per heavy atom. The van der Waals surface area contributed by atoms with Crippen molar-refractivity contribution in [3.63, 3.8) is 0 Å². The Morgan fingerprint density at radius 2 is 1.69 bits per heavy atom. The summed E-state index contributed by atoms with van der Waals surface area (Å²) < 4.78 is 27.9. The first-order valence-electron chi connectivity index (χ1n) is 14.1. The first-order valence-corrected chi connectivity index (χ1v) is 15.6. The molecule has 0 aliphatic carbocycles. The molecule has 3 heterocycles. The summed E-state index contributed by atoms with van der Waals surface area (Å²) in [6.45, 7) is 4.54. The third kappa shape index (κ3) is 6.77. The van der Waals surface area contributed by atoms with Crippen molar-refractivity contribution >= 4 is 26.8 Å². The number of carbonyl (C=O) groups excluding carboxylic acids is 1. The molecule has 9 heteroatoms. The molecule has 1 amide bonds. The van der Waals surface area contributed by atoms with Gasteiger partial charge in [-0.3, -0.25) is 9.59 Å². The van der Waals surface area contributed by atoms with E-state index >= 15 is 0 Å². The van der Waals surface area contributed by atoms with Gasteiger partial charge in [-0.2, -0.15) is 4.31 Å². The predicted octanol–water partition coefficient (Wildman–Crippen LogP) is 3.78. The van der Waals surface area contributed by atoms with Crippen LogP contribution < -0.4 is 10.9 Å². The van der Waals surface area contributed by atoms with Crippen LogP contribution in [-0.4, -0.2) is 67.8 Å². The summed E-state index contributed by atoms with van der Waals surface area (Å²) in [6.07, 6.45) is 7.03. The second kappa shape index (κ2) is 12.4. The normalized spacial score (nSPS) is 17.8. The highest BCUT2D eigenvalue weighted by molar-refractivity contribution is 7.89. The van der Waals surface area contributed by atoms with E-state index in [2.05, 4.69) is 45.5 Å². The fourth-order valence-electron chi connectivity index (χ4n) is 5.80. The number of hydrogen-bond donors (Lipinski definition) is 2. The Bertz CT molecular complexity index is 1440. The molecular formula is C30H38N4O4S. The number of aromatic nitrogens is 1. The average molecular weight is 551 g/mol. The number of rotatable bonds is 9. The van der Waals surface area contributed by atoms with Crippen LogP contribution in [0.2, 0.25) is 0 Å².